The predicted molar refractivity (Wildman–Crippen MR) is 150 cm³/mol. The van der Waals surface area contributed by atoms with E-state index in [0.29, 0.717) is 59.1 Å². The molecule has 0 aromatic heterocycles. The maximum Gasteiger partial charge on any atom is 0.306 e. The molecule has 0 radical (unpaired) electrons. The second-order valence-electron chi connectivity index (χ2n) is 10.3. The Morgan fingerprint density at radius 2 is 1.34 bits per heavy atom. The summed E-state index contributed by atoms with van der Waals surface area (Å²) >= 11 is 0. The number of ether oxygens (including phenoxy) is 4. The second-order valence-corrected chi connectivity index (χ2v) is 10.3. The SMILES string of the molecule is CCCCCCCCCCCCCCCC(=O)O[C@@H]1[C@@H](NCCOCCO)CO[C@@H]1CNCCOCCO. The van der Waals surface area contributed by atoms with Crippen LogP contribution in [0.3, 0.4) is 0 Å². The first-order valence-corrected chi connectivity index (χ1v) is 15.3. The Bertz CT molecular complexity index is 527. The molecule has 1 fully saturated rings. The van der Waals surface area contributed by atoms with E-state index in [1.807, 2.05) is 0 Å². The number of aliphatic hydroxyl groups is 2. The molecule has 226 valence electrons. The Hall–Kier alpha value is -0.810. The zero-order valence-electron chi connectivity index (χ0n) is 24.1. The Morgan fingerprint density at radius 3 is 1.92 bits per heavy atom. The fourth-order valence-corrected chi connectivity index (χ4v) is 4.72. The van der Waals surface area contributed by atoms with Gasteiger partial charge in [-0.05, 0) is 6.42 Å². The van der Waals surface area contributed by atoms with Gasteiger partial charge in [0.2, 0.25) is 0 Å². The molecule has 1 heterocycles. The second kappa shape index (κ2) is 26.4. The van der Waals surface area contributed by atoms with Crippen LogP contribution in [-0.2, 0) is 23.7 Å². The minimum atomic E-state index is -0.367. The van der Waals surface area contributed by atoms with Crippen molar-refractivity contribution in [3.63, 3.8) is 0 Å². The fraction of sp³-hybridized carbons (Fsp3) is 0.966. The van der Waals surface area contributed by atoms with E-state index in [4.69, 9.17) is 29.2 Å². The molecule has 0 aliphatic carbocycles. The molecule has 0 saturated carbocycles. The number of unbranched alkanes of at least 4 members (excludes halogenated alkanes) is 12. The highest BCUT2D eigenvalue weighted by atomic mass is 16.6. The lowest BCUT2D eigenvalue weighted by atomic mass is 10.0. The maximum atomic E-state index is 12.6. The molecule has 0 amide bonds. The fourth-order valence-electron chi connectivity index (χ4n) is 4.72. The number of hydrogen-bond donors (Lipinski definition) is 4. The van der Waals surface area contributed by atoms with Gasteiger partial charge in [0.05, 0.1) is 52.3 Å². The quantitative estimate of drug-likeness (QED) is 0.0865. The normalized spacial score (nSPS) is 19.3. The van der Waals surface area contributed by atoms with E-state index < -0.39 is 0 Å². The number of esters is 1. The third-order valence-corrected chi connectivity index (χ3v) is 6.90. The number of rotatable bonds is 28. The van der Waals surface area contributed by atoms with Gasteiger partial charge in [-0.15, -0.1) is 0 Å². The van der Waals surface area contributed by atoms with Crippen LogP contribution in [-0.4, -0.2) is 100 Å². The summed E-state index contributed by atoms with van der Waals surface area (Å²) < 4.78 is 22.4. The highest BCUT2D eigenvalue weighted by Crippen LogP contribution is 2.19. The number of carbonyl (C=O) groups is 1. The van der Waals surface area contributed by atoms with Gasteiger partial charge < -0.3 is 39.8 Å². The van der Waals surface area contributed by atoms with Crippen LogP contribution in [0.4, 0.5) is 0 Å². The van der Waals surface area contributed by atoms with Crippen molar-refractivity contribution < 1.29 is 34.0 Å². The lowest BCUT2D eigenvalue weighted by molar-refractivity contribution is -0.152. The highest BCUT2D eigenvalue weighted by molar-refractivity contribution is 5.69. The lowest BCUT2D eigenvalue weighted by Crippen LogP contribution is -2.47. The van der Waals surface area contributed by atoms with Crippen LogP contribution >= 0.6 is 0 Å². The lowest BCUT2D eigenvalue weighted by Gasteiger charge is -2.24. The number of hydrogen-bond acceptors (Lipinski definition) is 9. The van der Waals surface area contributed by atoms with Crippen molar-refractivity contribution >= 4 is 5.97 Å². The van der Waals surface area contributed by atoms with Crippen molar-refractivity contribution in [2.24, 2.45) is 0 Å². The molecular weight excluding hydrogens is 488 g/mol. The van der Waals surface area contributed by atoms with E-state index in [1.54, 1.807) is 0 Å². The van der Waals surface area contributed by atoms with Gasteiger partial charge in [0, 0.05) is 26.1 Å². The third-order valence-electron chi connectivity index (χ3n) is 6.90. The Labute approximate surface area is 231 Å². The molecule has 1 aliphatic rings. The van der Waals surface area contributed by atoms with Crippen LogP contribution in [0.1, 0.15) is 96.8 Å². The number of nitrogens with one attached hydrogen (secondary N) is 2. The van der Waals surface area contributed by atoms with Gasteiger partial charge in [-0.3, -0.25) is 4.79 Å². The van der Waals surface area contributed by atoms with Gasteiger partial charge in [0.1, 0.15) is 12.2 Å². The van der Waals surface area contributed by atoms with E-state index in [2.05, 4.69) is 17.6 Å². The largest absolute Gasteiger partial charge is 0.458 e. The molecule has 1 aliphatic heterocycles. The van der Waals surface area contributed by atoms with Gasteiger partial charge in [-0.1, -0.05) is 84.0 Å². The smallest absolute Gasteiger partial charge is 0.306 e. The first kappa shape index (κ1) is 35.2. The molecule has 0 aromatic carbocycles. The Morgan fingerprint density at radius 1 is 0.789 bits per heavy atom. The van der Waals surface area contributed by atoms with Gasteiger partial charge in [-0.25, -0.2) is 0 Å². The molecule has 9 nitrogen and oxygen atoms in total. The minimum Gasteiger partial charge on any atom is -0.458 e. The van der Waals surface area contributed by atoms with Gasteiger partial charge in [-0.2, -0.15) is 0 Å². The minimum absolute atomic E-state index is 0.00172. The van der Waals surface area contributed by atoms with Gasteiger partial charge in [0.15, 0.2) is 0 Å². The van der Waals surface area contributed by atoms with Crippen LogP contribution in [0, 0.1) is 0 Å². The molecule has 1 rings (SSSR count). The number of aliphatic hydroxyl groups excluding tert-OH is 2. The van der Waals surface area contributed by atoms with Crippen molar-refractivity contribution in [3.05, 3.63) is 0 Å². The van der Waals surface area contributed by atoms with Crippen LogP contribution in [0.25, 0.3) is 0 Å². The van der Waals surface area contributed by atoms with Crippen LogP contribution < -0.4 is 10.6 Å². The van der Waals surface area contributed by atoms with Crippen molar-refractivity contribution in [3.8, 4) is 0 Å². The van der Waals surface area contributed by atoms with E-state index in [-0.39, 0.29) is 37.4 Å². The van der Waals surface area contributed by atoms with Gasteiger partial charge in [0.25, 0.3) is 0 Å². The summed E-state index contributed by atoms with van der Waals surface area (Å²) in [5.41, 5.74) is 0. The van der Waals surface area contributed by atoms with Crippen LogP contribution in [0.15, 0.2) is 0 Å². The van der Waals surface area contributed by atoms with E-state index >= 15 is 0 Å². The van der Waals surface area contributed by atoms with Crippen LogP contribution in [0.2, 0.25) is 0 Å². The first-order valence-electron chi connectivity index (χ1n) is 15.3. The molecular formula is C29H58N2O7. The topological polar surface area (TPSA) is 119 Å². The molecule has 38 heavy (non-hydrogen) atoms. The highest BCUT2D eigenvalue weighted by Gasteiger charge is 2.39. The van der Waals surface area contributed by atoms with E-state index in [9.17, 15) is 4.79 Å². The predicted octanol–water partition coefficient (Wildman–Crippen LogP) is 3.34. The average Bonchev–Trinajstić information content (AvgIpc) is 3.29. The van der Waals surface area contributed by atoms with Crippen molar-refractivity contribution in [2.45, 2.75) is 115 Å². The molecule has 0 bridgehead atoms. The maximum absolute atomic E-state index is 12.6. The van der Waals surface area contributed by atoms with Crippen molar-refractivity contribution in [1.82, 2.24) is 10.6 Å². The van der Waals surface area contributed by atoms with E-state index in [0.717, 1.165) is 12.8 Å². The Kier molecular flexibility index (Phi) is 24.5. The number of carbonyl (C=O) groups excluding carboxylic acids is 1. The average molecular weight is 547 g/mol. The van der Waals surface area contributed by atoms with Crippen molar-refractivity contribution in [1.29, 1.82) is 0 Å². The first-order chi connectivity index (χ1) is 18.7. The monoisotopic (exact) mass is 546 g/mol. The summed E-state index contributed by atoms with van der Waals surface area (Å²) in [6.07, 6.45) is 16.4. The summed E-state index contributed by atoms with van der Waals surface area (Å²) in [7, 11) is 0. The summed E-state index contributed by atoms with van der Waals surface area (Å²) in [6, 6.07) is -0.0965. The molecule has 0 spiro atoms. The summed E-state index contributed by atoms with van der Waals surface area (Å²) in [4.78, 5) is 12.6. The van der Waals surface area contributed by atoms with Crippen LogP contribution in [0.5, 0.6) is 0 Å². The standard InChI is InChI=1S/C29H58N2O7/c1-2-3-4-5-6-7-8-9-10-11-12-13-14-15-28(34)38-29-26(31-17-21-36-23-19-33)25-37-27(29)24-30-16-20-35-22-18-32/h26-27,29-33H,2-25H2,1H3/t26-,27+,29+/m0/s1. The molecule has 4 N–H and O–H groups in total. The molecule has 9 heteroatoms. The third kappa shape index (κ3) is 19.3. The summed E-state index contributed by atoms with van der Waals surface area (Å²) in [6.45, 7) is 6.13. The summed E-state index contributed by atoms with van der Waals surface area (Å²) in [5, 5.41) is 24.3. The zero-order valence-corrected chi connectivity index (χ0v) is 24.1. The van der Waals surface area contributed by atoms with E-state index in [1.165, 1.54) is 70.6 Å². The Balaban J connectivity index is 2.22. The molecule has 0 unspecified atom stereocenters. The van der Waals surface area contributed by atoms with Crippen molar-refractivity contribution in [2.75, 3.05) is 65.9 Å². The zero-order chi connectivity index (χ0) is 27.5. The van der Waals surface area contributed by atoms with Gasteiger partial charge >= 0.3 is 5.97 Å². The summed E-state index contributed by atoms with van der Waals surface area (Å²) in [5.74, 6) is -0.164. The molecule has 1 saturated heterocycles. The molecule has 3 atom stereocenters. The molecule has 0 aromatic rings.